The molecule has 1 aliphatic rings. The van der Waals surface area contributed by atoms with E-state index in [9.17, 15) is 4.79 Å². The monoisotopic (exact) mass is 232 g/mol. The maximum absolute atomic E-state index is 10.6. The zero-order valence-corrected chi connectivity index (χ0v) is 10.4. The van der Waals surface area contributed by atoms with Gasteiger partial charge in [0.25, 0.3) is 0 Å². The smallest absolute Gasteiger partial charge is 0.303 e. The predicted molar refractivity (Wildman–Crippen MR) is 68.3 cm³/mol. The van der Waals surface area contributed by atoms with Crippen molar-refractivity contribution in [3.63, 3.8) is 0 Å². The fraction of sp³-hybridized carbons (Fsp3) is 0.533. The Kier molecular flexibility index (Phi) is 3.82. The molecule has 2 heteroatoms. The Balaban J connectivity index is 2.08. The standard InChI is InChI=1S/C15H20O2/c1-11-5-2-6-12-7-3-8-13(15(11)12)9-4-10-14(16)17/h2,5-6,13H,3-4,7-10H2,1H3,(H,16,17). The van der Waals surface area contributed by atoms with Crippen molar-refractivity contribution in [1.29, 1.82) is 0 Å². The number of carboxylic acid groups (broad SMARTS) is 1. The van der Waals surface area contributed by atoms with Gasteiger partial charge in [-0.3, -0.25) is 4.79 Å². The van der Waals surface area contributed by atoms with Gasteiger partial charge >= 0.3 is 5.97 Å². The lowest BCUT2D eigenvalue weighted by atomic mass is 9.78. The van der Waals surface area contributed by atoms with Crippen LogP contribution in [-0.2, 0) is 11.2 Å². The van der Waals surface area contributed by atoms with Crippen LogP contribution in [0.3, 0.4) is 0 Å². The minimum atomic E-state index is -0.675. The van der Waals surface area contributed by atoms with Crippen LogP contribution in [0.2, 0.25) is 0 Å². The van der Waals surface area contributed by atoms with E-state index < -0.39 is 5.97 Å². The third-order valence-corrected chi connectivity index (χ3v) is 3.76. The second-order valence-corrected chi connectivity index (χ2v) is 5.02. The Morgan fingerprint density at radius 1 is 1.47 bits per heavy atom. The maximum atomic E-state index is 10.6. The molecule has 1 unspecified atom stereocenters. The SMILES string of the molecule is Cc1cccc2c1C(CCCC(=O)O)CCC2. The summed E-state index contributed by atoms with van der Waals surface area (Å²) in [6.45, 7) is 2.17. The average molecular weight is 232 g/mol. The summed E-state index contributed by atoms with van der Waals surface area (Å²) in [4.78, 5) is 10.6. The predicted octanol–water partition coefficient (Wildman–Crippen LogP) is 3.67. The lowest BCUT2D eigenvalue weighted by Crippen LogP contribution is -2.12. The highest BCUT2D eigenvalue weighted by Crippen LogP contribution is 2.36. The second-order valence-electron chi connectivity index (χ2n) is 5.02. The molecule has 92 valence electrons. The molecule has 0 bridgehead atoms. The van der Waals surface area contributed by atoms with E-state index in [0.29, 0.717) is 12.3 Å². The largest absolute Gasteiger partial charge is 0.481 e. The summed E-state index contributed by atoms with van der Waals surface area (Å²) in [5, 5.41) is 8.69. The highest BCUT2D eigenvalue weighted by atomic mass is 16.4. The van der Waals surface area contributed by atoms with Gasteiger partial charge in [-0.2, -0.15) is 0 Å². The Hall–Kier alpha value is -1.31. The molecule has 1 aliphatic carbocycles. The van der Waals surface area contributed by atoms with E-state index in [4.69, 9.17) is 5.11 Å². The summed E-state index contributed by atoms with van der Waals surface area (Å²) in [6, 6.07) is 6.54. The number of fused-ring (bicyclic) bond motifs is 1. The van der Waals surface area contributed by atoms with E-state index >= 15 is 0 Å². The Bertz CT molecular complexity index is 409. The highest BCUT2D eigenvalue weighted by molar-refractivity contribution is 5.66. The van der Waals surface area contributed by atoms with Gasteiger partial charge in [-0.15, -0.1) is 0 Å². The molecule has 0 spiro atoms. The fourth-order valence-electron chi connectivity index (χ4n) is 3.02. The first-order valence-corrected chi connectivity index (χ1v) is 6.48. The molecule has 1 atom stereocenters. The zero-order chi connectivity index (χ0) is 12.3. The molecular weight excluding hydrogens is 212 g/mol. The van der Waals surface area contributed by atoms with Crippen LogP contribution in [0.25, 0.3) is 0 Å². The van der Waals surface area contributed by atoms with Crippen molar-refractivity contribution < 1.29 is 9.90 Å². The highest BCUT2D eigenvalue weighted by Gasteiger charge is 2.21. The first-order valence-electron chi connectivity index (χ1n) is 6.48. The molecule has 1 N–H and O–H groups in total. The van der Waals surface area contributed by atoms with E-state index in [1.807, 2.05) is 0 Å². The molecule has 2 nitrogen and oxygen atoms in total. The third-order valence-electron chi connectivity index (χ3n) is 3.76. The molecule has 0 saturated heterocycles. The molecule has 0 fully saturated rings. The lowest BCUT2D eigenvalue weighted by Gasteiger charge is -2.27. The summed E-state index contributed by atoms with van der Waals surface area (Å²) < 4.78 is 0. The maximum Gasteiger partial charge on any atom is 0.303 e. The number of benzene rings is 1. The number of hydrogen-bond donors (Lipinski definition) is 1. The van der Waals surface area contributed by atoms with Crippen molar-refractivity contribution in [2.45, 2.75) is 51.4 Å². The van der Waals surface area contributed by atoms with Crippen LogP contribution in [0.15, 0.2) is 18.2 Å². The van der Waals surface area contributed by atoms with Crippen molar-refractivity contribution in [3.05, 3.63) is 34.9 Å². The lowest BCUT2D eigenvalue weighted by molar-refractivity contribution is -0.137. The molecule has 2 rings (SSSR count). The number of rotatable bonds is 4. The molecular formula is C15H20O2. The van der Waals surface area contributed by atoms with Gasteiger partial charge in [0.15, 0.2) is 0 Å². The quantitative estimate of drug-likeness (QED) is 0.860. The number of aryl methyl sites for hydroxylation is 2. The van der Waals surface area contributed by atoms with Gasteiger partial charge in [0.05, 0.1) is 0 Å². The Labute approximate surface area is 103 Å². The van der Waals surface area contributed by atoms with Gasteiger partial charge in [-0.05, 0) is 61.6 Å². The van der Waals surface area contributed by atoms with Crippen molar-refractivity contribution in [1.82, 2.24) is 0 Å². The summed E-state index contributed by atoms with van der Waals surface area (Å²) in [7, 11) is 0. The van der Waals surface area contributed by atoms with Crippen molar-refractivity contribution in [2.75, 3.05) is 0 Å². The van der Waals surface area contributed by atoms with E-state index in [1.165, 1.54) is 36.0 Å². The number of hydrogen-bond acceptors (Lipinski definition) is 1. The van der Waals surface area contributed by atoms with E-state index in [2.05, 4.69) is 25.1 Å². The van der Waals surface area contributed by atoms with Gasteiger partial charge in [0.1, 0.15) is 0 Å². The molecule has 0 saturated carbocycles. The molecule has 1 aromatic rings. The zero-order valence-electron chi connectivity index (χ0n) is 10.4. The Morgan fingerprint density at radius 3 is 3.06 bits per heavy atom. The van der Waals surface area contributed by atoms with Crippen LogP contribution in [-0.4, -0.2) is 11.1 Å². The molecule has 0 amide bonds. The number of carbonyl (C=O) groups is 1. The molecule has 0 aliphatic heterocycles. The summed E-state index contributed by atoms with van der Waals surface area (Å²) in [5.74, 6) is -0.0925. The van der Waals surface area contributed by atoms with Crippen LogP contribution in [0, 0.1) is 6.92 Å². The van der Waals surface area contributed by atoms with Crippen LogP contribution >= 0.6 is 0 Å². The molecule has 0 heterocycles. The molecule has 1 aromatic carbocycles. The van der Waals surface area contributed by atoms with Crippen LogP contribution in [0.1, 0.15) is 54.7 Å². The number of aliphatic carboxylic acids is 1. The van der Waals surface area contributed by atoms with Gasteiger partial charge in [-0.1, -0.05) is 18.2 Å². The number of carboxylic acids is 1. The van der Waals surface area contributed by atoms with Crippen LogP contribution in [0.4, 0.5) is 0 Å². The summed E-state index contributed by atoms with van der Waals surface area (Å²) in [5.41, 5.74) is 4.36. The van der Waals surface area contributed by atoms with Crippen molar-refractivity contribution in [3.8, 4) is 0 Å². The van der Waals surface area contributed by atoms with Gasteiger partial charge < -0.3 is 5.11 Å². The van der Waals surface area contributed by atoms with Crippen LogP contribution < -0.4 is 0 Å². The Morgan fingerprint density at radius 2 is 2.29 bits per heavy atom. The molecule has 17 heavy (non-hydrogen) atoms. The average Bonchev–Trinajstić information content (AvgIpc) is 2.29. The van der Waals surface area contributed by atoms with Gasteiger partial charge in [-0.25, -0.2) is 0 Å². The summed E-state index contributed by atoms with van der Waals surface area (Å²) in [6.07, 6.45) is 5.77. The normalized spacial score (nSPS) is 18.8. The van der Waals surface area contributed by atoms with Crippen molar-refractivity contribution >= 4 is 5.97 Å². The summed E-state index contributed by atoms with van der Waals surface area (Å²) >= 11 is 0. The molecule has 0 radical (unpaired) electrons. The first kappa shape index (κ1) is 12.2. The minimum absolute atomic E-state index is 0.303. The van der Waals surface area contributed by atoms with E-state index in [1.54, 1.807) is 0 Å². The minimum Gasteiger partial charge on any atom is -0.481 e. The van der Waals surface area contributed by atoms with E-state index in [-0.39, 0.29) is 0 Å². The topological polar surface area (TPSA) is 37.3 Å². The van der Waals surface area contributed by atoms with E-state index in [0.717, 1.165) is 12.8 Å². The van der Waals surface area contributed by atoms with Crippen LogP contribution in [0.5, 0.6) is 0 Å². The van der Waals surface area contributed by atoms with Gasteiger partial charge in [0, 0.05) is 6.42 Å². The first-order chi connectivity index (χ1) is 8.18. The van der Waals surface area contributed by atoms with Gasteiger partial charge in [0.2, 0.25) is 0 Å². The second kappa shape index (κ2) is 5.35. The molecule has 0 aromatic heterocycles. The fourth-order valence-corrected chi connectivity index (χ4v) is 3.02. The third kappa shape index (κ3) is 2.87. The van der Waals surface area contributed by atoms with Crippen molar-refractivity contribution in [2.24, 2.45) is 0 Å².